The highest BCUT2D eigenvalue weighted by molar-refractivity contribution is 7.92. The molecule has 1 aromatic rings. The molecule has 1 atom stereocenters. The maximum atomic E-state index is 12.0. The summed E-state index contributed by atoms with van der Waals surface area (Å²) in [5, 5.41) is 3.00. The van der Waals surface area contributed by atoms with Crippen LogP contribution in [0.5, 0.6) is 0 Å². The zero-order valence-corrected chi connectivity index (χ0v) is 8.96. The second-order valence-electron chi connectivity index (χ2n) is 3.29. The van der Waals surface area contributed by atoms with E-state index in [1.807, 2.05) is 0 Å². The van der Waals surface area contributed by atoms with E-state index in [0.717, 1.165) is 0 Å². The molecule has 5 heteroatoms. The van der Waals surface area contributed by atoms with E-state index < -0.39 is 15.3 Å². The number of rotatable bonds is 2. The van der Waals surface area contributed by atoms with Crippen LogP contribution >= 0.6 is 0 Å². The second kappa shape index (κ2) is 4.30. The Labute approximate surface area is 89.2 Å². The fourth-order valence-corrected chi connectivity index (χ4v) is 2.89. The van der Waals surface area contributed by atoms with Crippen molar-refractivity contribution in [2.45, 2.75) is 10.3 Å². The highest BCUT2D eigenvalue weighted by atomic mass is 32.2. The average molecular weight is 226 g/mol. The Bertz CT molecular complexity index is 410. The van der Waals surface area contributed by atoms with Crippen molar-refractivity contribution < 1.29 is 13.2 Å². The van der Waals surface area contributed by atoms with Gasteiger partial charge in [-0.25, -0.2) is 8.42 Å². The first-order valence-electron chi connectivity index (χ1n) is 4.73. The SMILES string of the molecule is O=S(=O)(c1cc[c]cc1)C1CNCCO1. The highest BCUT2D eigenvalue weighted by Crippen LogP contribution is 2.17. The van der Waals surface area contributed by atoms with Gasteiger partial charge in [-0.05, 0) is 18.2 Å². The van der Waals surface area contributed by atoms with Crippen molar-refractivity contribution in [2.24, 2.45) is 0 Å². The van der Waals surface area contributed by atoms with Gasteiger partial charge in [-0.2, -0.15) is 0 Å². The van der Waals surface area contributed by atoms with Crippen LogP contribution in [0.2, 0.25) is 0 Å². The molecule has 1 saturated heterocycles. The van der Waals surface area contributed by atoms with Gasteiger partial charge in [0.2, 0.25) is 9.84 Å². The van der Waals surface area contributed by atoms with E-state index in [0.29, 0.717) is 19.7 Å². The molecule has 0 saturated carbocycles. The normalized spacial score (nSPS) is 22.5. The molecule has 0 spiro atoms. The summed E-state index contributed by atoms with van der Waals surface area (Å²) in [6.45, 7) is 1.48. The van der Waals surface area contributed by atoms with E-state index in [4.69, 9.17) is 4.74 Å². The van der Waals surface area contributed by atoms with Gasteiger partial charge in [0.1, 0.15) is 0 Å². The number of hydrogen-bond donors (Lipinski definition) is 1. The fourth-order valence-electron chi connectivity index (χ4n) is 1.45. The monoisotopic (exact) mass is 226 g/mol. The molecule has 0 bridgehead atoms. The summed E-state index contributed by atoms with van der Waals surface area (Å²) in [6.07, 6.45) is 0. The molecule has 1 aliphatic rings. The van der Waals surface area contributed by atoms with Gasteiger partial charge in [0, 0.05) is 13.1 Å². The molecule has 0 aromatic heterocycles. The van der Waals surface area contributed by atoms with Gasteiger partial charge in [-0.15, -0.1) is 0 Å². The Morgan fingerprint density at radius 2 is 2.13 bits per heavy atom. The maximum absolute atomic E-state index is 12.0. The van der Waals surface area contributed by atoms with Gasteiger partial charge in [0.15, 0.2) is 5.44 Å². The van der Waals surface area contributed by atoms with Gasteiger partial charge < -0.3 is 10.1 Å². The van der Waals surface area contributed by atoms with Crippen LogP contribution in [-0.4, -0.2) is 33.6 Å². The van der Waals surface area contributed by atoms with E-state index in [2.05, 4.69) is 11.4 Å². The smallest absolute Gasteiger partial charge is 0.206 e. The van der Waals surface area contributed by atoms with Crippen LogP contribution in [0.25, 0.3) is 0 Å². The zero-order valence-electron chi connectivity index (χ0n) is 8.14. The van der Waals surface area contributed by atoms with Crippen molar-refractivity contribution >= 4 is 9.84 Å². The average Bonchev–Trinajstić information content (AvgIpc) is 2.31. The predicted molar refractivity (Wildman–Crippen MR) is 55.1 cm³/mol. The minimum atomic E-state index is -3.37. The third kappa shape index (κ3) is 2.19. The number of nitrogens with one attached hydrogen (secondary N) is 1. The molecule has 1 aromatic carbocycles. The van der Waals surface area contributed by atoms with E-state index in [1.54, 1.807) is 12.1 Å². The van der Waals surface area contributed by atoms with Crippen LogP contribution in [0.3, 0.4) is 0 Å². The number of ether oxygens (including phenoxy) is 1. The van der Waals surface area contributed by atoms with Gasteiger partial charge in [0.25, 0.3) is 0 Å². The first-order valence-corrected chi connectivity index (χ1v) is 6.28. The molecule has 81 valence electrons. The third-order valence-corrected chi connectivity index (χ3v) is 4.18. The Morgan fingerprint density at radius 1 is 1.40 bits per heavy atom. The second-order valence-corrected chi connectivity index (χ2v) is 5.37. The highest BCUT2D eigenvalue weighted by Gasteiger charge is 2.29. The minimum absolute atomic E-state index is 0.287. The van der Waals surface area contributed by atoms with Crippen molar-refractivity contribution in [1.29, 1.82) is 0 Å². The number of benzene rings is 1. The summed E-state index contributed by atoms with van der Waals surface area (Å²) < 4.78 is 29.3. The quantitative estimate of drug-likeness (QED) is 0.783. The summed E-state index contributed by atoms with van der Waals surface area (Å²) >= 11 is 0. The summed E-state index contributed by atoms with van der Waals surface area (Å²) in [7, 11) is -3.37. The lowest BCUT2D eigenvalue weighted by Crippen LogP contribution is -2.42. The summed E-state index contributed by atoms with van der Waals surface area (Å²) in [4.78, 5) is 0.287. The van der Waals surface area contributed by atoms with Crippen LogP contribution in [0.15, 0.2) is 29.2 Å². The van der Waals surface area contributed by atoms with E-state index >= 15 is 0 Å². The Kier molecular flexibility index (Phi) is 3.04. The molecular weight excluding hydrogens is 214 g/mol. The van der Waals surface area contributed by atoms with E-state index in [9.17, 15) is 8.42 Å². The van der Waals surface area contributed by atoms with Gasteiger partial charge >= 0.3 is 0 Å². The van der Waals surface area contributed by atoms with Crippen LogP contribution in [0.4, 0.5) is 0 Å². The summed E-state index contributed by atoms with van der Waals surface area (Å²) in [5.41, 5.74) is -0.770. The van der Waals surface area contributed by atoms with Crippen molar-refractivity contribution in [3.05, 3.63) is 30.3 Å². The lowest BCUT2D eigenvalue weighted by Gasteiger charge is -2.23. The molecule has 1 fully saturated rings. The molecule has 1 heterocycles. The van der Waals surface area contributed by atoms with Gasteiger partial charge in [-0.3, -0.25) is 0 Å². The Balaban J connectivity index is 2.26. The number of morpholine rings is 1. The molecular formula is C10H12NO3S. The van der Waals surface area contributed by atoms with Crippen LogP contribution in [-0.2, 0) is 14.6 Å². The van der Waals surface area contributed by atoms with Crippen LogP contribution in [0, 0.1) is 6.07 Å². The van der Waals surface area contributed by atoms with Crippen LogP contribution < -0.4 is 5.32 Å². The molecule has 1 N–H and O–H groups in total. The lowest BCUT2D eigenvalue weighted by atomic mass is 10.4. The molecule has 2 rings (SSSR count). The van der Waals surface area contributed by atoms with Crippen LogP contribution in [0.1, 0.15) is 0 Å². The zero-order chi connectivity index (χ0) is 10.7. The molecule has 15 heavy (non-hydrogen) atoms. The summed E-state index contributed by atoms with van der Waals surface area (Å²) in [5.74, 6) is 0. The van der Waals surface area contributed by atoms with Gasteiger partial charge in [-0.1, -0.05) is 12.1 Å². The standard InChI is InChI=1S/C10H12NO3S/c12-15(13,9-4-2-1-3-5-9)10-8-11-6-7-14-10/h2-5,10-11H,6-8H2. The maximum Gasteiger partial charge on any atom is 0.206 e. The first kappa shape index (κ1) is 10.6. The third-order valence-electron chi connectivity index (χ3n) is 2.26. The molecule has 1 unspecified atom stereocenters. The topological polar surface area (TPSA) is 55.4 Å². The molecule has 4 nitrogen and oxygen atoms in total. The Hall–Kier alpha value is -0.910. The van der Waals surface area contributed by atoms with Crippen molar-refractivity contribution in [3.63, 3.8) is 0 Å². The van der Waals surface area contributed by atoms with E-state index in [1.165, 1.54) is 12.1 Å². The van der Waals surface area contributed by atoms with E-state index in [-0.39, 0.29) is 4.90 Å². The fraction of sp³-hybridized carbons (Fsp3) is 0.400. The number of sulfone groups is 1. The number of hydrogen-bond acceptors (Lipinski definition) is 4. The molecule has 1 radical (unpaired) electrons. The van der Waals surface area contributed by atoms with Gasteiger partial charge in [0.05, 0.1) is 11.5 Å². The molecule has 0 aliphatic carbocycles. The molecule has 1 aliphatic heterocycles. The summed E-state index contributed by atoms with van der Waals surface area (Å²) in [6, 6.07) is 9.03. The first-order chi connectivity index (χ1) is 7.21. The lowest BCUT2D eigenvalue weighted by molar-refractivity contribution is 0.0785. The van der Waals surface area contributed by atoms with Crippen molar-refractivity contribution in [2.75, 3.05) is 19.7 Å². The van der Waals surface area contributed by atoms with Crippen molar-refractivity contribution in [3.8, 4) is 0 Å². The van der Waals surface area contributed by atoms with Crippen molar-refractivity contribution in [1.82, 2.24) is 5.32 Å². The Morgan fingerprint density at radius 3 is 2.73 bits per heavy atom. The molecule has 0 amide bonds. The largest absolute Gasteiger partial charge is 0.359 e. The minimum Gasteiger partial charge on any atom is -0.359 e. The predicted octanol–water partition coefficient (Wildman–Crippen LogP) is 0.206.